The van der Waals surface area contributed by atoms with Gasteiger partial charge in [-0.25, -0.2) is 32.3 Å². The molecule has 0 aliphatic rings. The van der Waals surface area contributed by atoms with Crippen LogP contribution in [0.3, 0.4) is 0 Å². The van der Waals surface area contributed by atoms with E-state index in [-0.39, 0.29) is 22.0 Å². The van der Waals surface area contributed by atoms with Crippen LogP contribution in [-0.2, 0) is 10.0 Å². The van der Waals surface area contributed by atoms with Crippen molar-refractivity contribution in [1.29, 1.82) is 0 Å². The minimum atomic E-state index is -3.95. The van der Waals surface area contributed by atoms with Crippen molar-refractivity contribution in [3.8, 4) is 33.6 Å². The van der Waals surface area contributed by atoms with Crippen molar-refractivity contribution in [2.24, 2.45) is 5.14 Å². The van der Waals surface area contributed by atoms with E-state index in [2.05, 4.69) is 9.97 Å². The lowest BCUT2D eigenvalue weighted by Crippen LogP contribution is -2.11. The van der Waals surface area contributed by atoms with E-state index >= 15 is 0 Å². The van der Waals surface area contributed by atoms with Crippen molar-refractivity contribution in [3.05, 3.63) is 84.7 Å². The van der Waals surface area contributed by atoms with E-state index in [4.69, 9.17) is 15.3 Å². The largest absolute Gasteiger partial charge is 0.437 e. The lowest BCUT2D eigenvalue weighted by atomic mass is 9.96. The van der Waals surface area contributed by atoms with E-state index in [0.717, 1.165) is 6.07 Å². The molecule has 0 aliphatic carbocycles. The first-order chi connectivity index (χ1) is 16.2. The van der Waals surface area contributed by atoms with Crippen LogP contribution in [0.1, 0.15) is 0 Å². The van der Waals surface area contributed by atoms with Crippen LogP contribution in [0.2, 0.25) is 0 Å². The Morgan fingerprint density at radius 1 is 0.853 bits per heavy atom. The molecule has 10 heteroatoms. The number of nitrogens with two attached hydrogens (primary N) is 2. The number of rotatable bonds is 4. The molecule has 0 radical (unpaired) electrons. The van der Waals surface area contributed by atoms with Crippen molar-refractivity contribution in [1.82, 2.24) is 9.97 Å². The molecule has 0 saturated carbocycles. The van der Waals surface area contributed by atoms with Gasteiger partial charge in [0.15, 0.2) is 11.6 Å². The van der Waals surface area contributed by atoms with E-state index in [9.17, 15) is 17.2 Å². The summed E-state index contributed by atoms with van der Waals surface area (Å²) in [7, 11) is -3.95. The molecule has 0 atom stereocenters. The fourth-order valence-electron chi connectivity index (χ4n) is 3.79. The van der Waals surface area contributed by atoms with Gasteiger partial charge in [0, 0.05) is 16.7 Å². The summed E-state index contributed by atoms with van der Waals surface area (Å²) in [6.07, 6.45) is 1.26. The Hall–Kier alpha value is -4.15. The molecule has 0 bridgehead atoms. The Morgan fingerprint density at radius 3 is 2.29 bits per heavy atom. The van der Waals surface area contributed by atoms with E-state index in [1.165, 1.54) is 36.7 Å². The van der Waals surface area contributed by atoms with Gasteiger partial charge >= 0.3 is 0 Å². The van der Waals surface area contributed by atoms with Gasteiger partial charge in [0.05, 0.1) is 10.3 Å². The van der Waals surface area contributed by atoms with Crippen molar-refractivity contribution in [2.45, 2.75) is 4.90 Å². The van der Waals surface area contributed by atoms with E-state index < -0.39 is 21.7 Å². The highest BCUT2D eigenvalue weighted by Crippen LogP contribution is 2.42. The van der Waals surface area contributed by atoms with Crippen molar-refractivity contribution >= 4 is 26.9 Å². The van der Waals surface area contributed by atoms with Gasteiger partial charge in [0.1, 0.15) is 17.9 Å². The van der Waals surface area contributed by atoms with E-state index in [1.54, 1.807) is 30.3 Å². The summed E-state index contributed by atoms with van der Waals surface area (Å²) in [5.41, 5.74) is 8.49. The second kappa shape index (κ2) is 8.01. The van der Waals surface area contributed by atoms with Gasteiger partial charge in [-0.2, -0.15) is 0 Å². The molecule has 5 rings (SSSR count). The van der Waals surface area contributed by atoms with Gasteiger partial charge in [0.2, 0.25) is 15.7 Å². The smallest absolute Gasteiger partial charge is 0.238 e. The molecule has 0 unspecified atom stereocenters. The maximum Gasteiger partial charge on any atom is 0.238 e. The number of benzene rings is 3. The van der Waals surface area contributed by atoms with E-state index in [0.29, 0.717) is 33.4 Å². The van der Waals surface area contributed by atoms with Crippen LogP contribution in [0.15, 0.2) is 82.4 Å². The molecule has 0 fully saturated rings. The summed E-state index contributed by atoms with van der Waals surface area (Å²) in [6, 6.07) is 16.6. The third kappa shape index (κ3) is 3.68. The third-order valence-corrected chi connectivity index (χ3v) is 6.29. The van der Waals surface area contributed by atoms with Gasteiger partial charge in [-0.1, -0.05) is 48.5 Å². The van der Waals surface area contributed by atoms with E-state index in [1.807, 2.05) is 0 Å². The fourth-order valence-corrected chi connectivity index (χ4v) is 4.35. The second-order valence-corrected chi connectivity index (χ2v) is 9.06. The predicted octanol–water partition coefficient (Wildman–Crippen LogP) is 4.73. The van der Waals surface area contributed by atoms with Gasteiger partial charge in [0.25, 0.3) is 0 Å². The maximum atomic E-state index is 14.3. The number of nitrogens with zero attached hydrogens (tertiary/aromatic N) is 2. The molecule has 5 aromatic rings. The summed E-state index contributed by atoms with van der Waals surface area (Å²) in [5, 5.41) is 5.72. The standard InChI is InChI=1S/C24H16F2N4O3S/c25-18-6-2-5-17(21(18)26)13-7-9-14(10-8-13)19-20-23(27)29-12-30-24(20)33-22(19)15-3-1-4-16(11-15)34(28,31)32/h1-12H,(H2,27,29,30)(H2,28,31,32). The molecule has 7 nitrogen and oxygen atoms in total. The lowest BCUT2D eigenvalue weighted by molar-refractivity contribution is 0.511. The zero-order valence-corrected chi connectivity index (χ0v) is 18.2. The first kappa shape index (κ1) is 21.7. The summed E-state index contributed by atoms with van der Waals surface area (Å²) >= 11 is 0. The second-order valence-electron chi connectivity index (χ2n) is 7.50. The SMILES string of the molecule is Nc1ncnc2oc(-c3cccc(S(N)(=O)=O)c3)c(-c3ccc(-c4cccc(F)c4F)cc3)c12. The molecule has 2 heterocycles. The summed E-state index contributed by atoms with van der Waals surface area (Å²) in [6.45, 7) is 0. The minimum absolute atomic E-state index is 0.0904. The molecule has 0 amide bonds. The third-order valence-electron chi connectivity index (χ3n) is 5.38. The first-order valence-corrected chi connectivity index (χ1v) is 11.5. The number of sulfonamides is 1. The topological polar surface area (TPSA) is 125 Å². The molecule has 2 aromatic heterocycles. The molecule has 0 aliphatic heterocycles. The lowest BCUT2D eigenvalue weighted by Gasteiger charge is -2.08. The highest BCUT2D eigenvalue weighted by molar-refractivity contribution is 7.89. The Labute approximate surface area is 192 Å². The fraction of sp³-hybridized carbons (Fsp3) is 0. The highest BCUT2D eigenvalue weighted by Gasteiger charge is 2.22. The number of halogens is 2. The minimum Gasteiger partial charge on any atom is -0.437 e. The average Bonchev–Trinajstić information content (AvgIpc) is 3.22. The summed E-state index contributed by atoms with van der Waals surface area (Å²) in [4.78, 5) is 8.09. The summed E-state index contributed by atoms with van der Waals surface area (Å²) in [5.74, 6) is -1.42. The number of aromatic nitrogens is 2. The number of hydrogen-bond donors (Lipinski definition) is 2. The molecule has 4 N–H and O–H groups in total. The number of anilines is 1. The predicted molar refractivity (Wildman–Crippen MR) is 124 cm³/mol. The van der Waals surface area contributed by atoms with Gasteiger partial charge < -0.3 is 10.2 Å². The monoisotopic (exact) mass is 478 g/mol. The van der Waals surface area contributed by atoms with Crippen LogP contribution in [0.25, 0.3) is 44.7 Å². The zero-order chi connectivity index (χ0) is 24.0. The van der Waals surface area contributed by atoms with Crippen LogP contribution in [0.4, 0.5) is 14.6 Å². The normalized spacial score (nSPS) is 11.7. The van der Waals surface area contributed by atoms with Crippen LogP contribution in [-0.4, -0.2) is 18.4 Å². The number of furan rings is 1. The van der Waals surface area contributed by atoms with Crippen LogP contribution >= 0.6 is 0 Å². The maximum absolute atomic E-state index is 14.3. The summed E-state index contributed by atoms with van der Waals surface area (Å²) < 4.78 is 57.6. The Bertz CT molecular complexity index is 1670. The number of primary sulfonamides is 1. The molecule has 170 valence electrons. The number of fused-ring (bicyclic) bond motifs is 1. The average molecular weight is 478 g/mol. The van der Waals surface area contributed by atoms with Gasteiger partial charge in [-0.15, -0.1) is 0 Å². The number of nitrogen functional groups attached to an aromatic ring is 1. The molecular weight excluding hydrogens is 462 g/mol. The van der Waals surface area contributed by atoms with Crippen molar-refractivity contribution < 1.29 is 21.6 Å². The Kier molecular flexibility index (Phi) is 5.11. The first-order valence-electron chi connectivity index (χ1n) is 9.95. The molecular formula is C24H16F2N4O3S. The molecule has 3 aromatic carbocycles. The quantitative estimate of drug-likeness (QED) is 0.385. The van der Waals surface area contributed by atoms with Gasteiger partial charge in [-0.05, 0) is 29.3 Å². The highest BCUT2D eigenvalue weighted by atomic mass is 32.2. The Morgan fingerprint density at radius 2 is 1.56 bits per heavy atom. The molecule has 0 spiro atoms. The zero-order valence-electron chi connectivity index (χ0n) is 17.4. The molecule has 0 saturated heterocycles. The van der Waals surface area contributed by atoms with Crippen molar-refractivity contribution in [3.63, 3.8) is 0 Å². The van der Waals surface area contributed by atoms with Gasteiger partial charge in [-0.3, -0.25) is 0 Å². The van der Waals surface area contributed by atoms with Crippen LogP contribution < -0.4 is 10.9 Å². The Balaban J connectivity index is 1.72. The van der Waals surface area contributed by atoms with Crippen molar-refractivity contribution in [2.75, 3.05) is 5.73 Å². The number of hydrogen-bond acceptors (Lipinski definition) is 6. The molecule has 34 heavy (non-hydrogen) atoms. The van der Waals surface area contributed by atoms with Crippen LogP contribution in [0.5, 0.6) is 0 Å². The van der Waals surface area contributed by atoms with Crippen LogP contribution in [0, 0.1) is 11.6 Å².